The highest BCUT2D eigenvalue weighted by Crippen LogP contribution is 2.30. The summed E-state index contributed by atoms with van der Waals surface area (Å²) in [5.74, 6) is 0.552. The second kappa shape index (κ2) is 7.88. The standard InChI is InChI=1S/C21H23N3O4/c25-20(15-5-7-16(8-6-15)21(26)27)24-13-9-17(14-24)28-18-4-3-10-22-19(18)23-11-1-2-12-23/h3-8,10,17H,1-2,9,11-14H2,(H,26,27). The van der Waals surface area contributed by atoms with Gasteiger partial charge in [0, 0.05) is 37.8 Å². The summed E-state index contributed by atoms with van der Waals surface area (Å²) in [7, 11) is 0. The van der Waals surface area contributed by atoms with Crippen molar-refractivity contribution in [2.24, 2.45) is 0 Å². The number of hydrogen-bond donors (Lipinski definition) is 1. The van der Waals surface area contributed by atoms with Crippen molar-refractivity contribution in [3.63, 3.8) is 0 Å². The van der Waals surface area contributed by atoms with Gasteiger partial charge in [0.1, 0.15) is 6.10 Å². The number of amides is 1. The molecule has 0 bridgehead atoms. The number of aromatic carboxylic acids is 1. The molecule has 7 nitrogen and oxygen atoms in total. The zero-order chi connectivity index (χ0) is 19.5. The van der Waals surface area contributed by atoms with Gasteiger partial charge in [-0.1, -0.05) is 0 Å². The van der Waals surface area contributed by atoms with Crippen LogP contribution in [0.1, 0.15) is 40.0 Å². The molecule has 1 aromatic carbocycles. The van der Waals surface area contributed by atoms with Crippen LogP contribution in [0.5, 0.6) is 5.75 Å². The Morgan fingerprint density at radius 3 is 2.46 bits per heavy atom. The quantitative estimate of drug-likeness (QED) is 0.857. The molecular weight excluding hydrogens is 358 g/mol. The predicted molar refractivity (Wildman–Crippen MR) is 104 cm³/mol. The summed E-state index contributed by atoms with van der Waals surface area (Å²) in [6.45, 7) is 3.11. The lowest BCUT2D eigenvalue weighted by atomic mass is 10.1. The van der Waals surface area contributed by atoms with Gasteiger partial charge in [-0.3, -0.25) is 4.79 Å². The Balaban J connectivity index is 1.40. The van der Waals surface area contributed by atoms with Crippen molar-refractivity contribution in [3.05, 3.63) is 53.7 Å². The van der Waals surface area contributed by atoms with Gasteiger partial charge in [-0.2, -0.15) is 0 Å². The number of likely N-dealkylation sites (tertiary alicyclic amines) is 1. The largest absolute Gasteiger partial charge is 0.485 e. The van der Waals surface area contributed by atoms with Crippen LogP contribution in [0.15, 0.2) is 42.6 Å². The summed E-state index contributed by atoms with van der Waals surface area (Å²) < 4.78 is 6.21. The first-order valence-corrected chi connectivity index (χ1v) is 9.61. The lowest BCUT2D eigenvalue weighted by Gasteiger charge is -2.22. The molecule has 0 radical (unpaired) electrons. The van der Waals surface area contributed by atoms with Crippen LogP contribution in [0.2, 0.25) is 0 Å². The Morgan fingerprint density at radius 2 is 1.75 bits per heavy atom. The first-order valence-electron chi connectivity index (χ1n) is 9.61. The van der Waals surface area contributed by atoms with E-state index in [9.17, 15) is 9.59 Å². The van der Waals surface area contributed by atoms with Crippen LogP contribution in [0.4, 0.5) is 5.82 Å². The lowest BCUT2D eigenvalue weighted by Crippen LogP contribution is -2.31. The van der Waals surface area contributed by atoms with Gasteiger partial charge in [0.2, 0.25) is 0 Å². The van der Waals surface area contributed by atoms with Gasteiger partial charge in [0.25, 0.3) is 5.91 Å². The molecule has 4 rings (SSSR count). The van der Waals surface area contributed by atoms with Crippen molar-refractivity contribution >= 4 is 17.7 Å². The monoisotopic (exact) mass is 381 g/mol. The van der Waals surface area contributed by atoms with E-state index in [1.807, 2.05) is 12.1 Å². The molecule has 2 aromatic rings. The van der Waals surface area contributed by atoms with E-state index in [1.165, 1.54) is 25.0 Å². The number of carbonyl (C=O) groups excluding carboxylic acids is 1. The van der Waals surface area contributed by atoms with E-state index in [4.69, 9.17) is 9.84 Å². The molecule has 0 spiro atoms. The number of carbonyl (C=O) groups is 2. The van der Waals surface area contributed by atoms with Crippen molar-refractivity contribution in [3.8, 4) is 5.75 Å². The van der Waals surface area contributed by atoms with Crippen LogP contribution in [-0.4, -0.2) is 59.1 Å². The highest BCUT2D eigenvalue weighted by atomic mass is 16.5. The maximum absolute atomic E-state index is 12.7. The average Bonchev–Trinajstić information content (AvgIpc) is 3.40. The molecule has 7 heteroatoms. The SMILES string of the molecule is O=C(O)c1ccc(C(=O)N2CCC(Oc3cccnc3N3CCCC3)C2)cc1. The van der Waals surface area contributed by atoms with Crippen molar-refractivity contribution in [1.82, 2.24) is 9.88 Å². The van der Waals surface area contributed by atoms with E-state index in [0.717, 1.165) is 31.1 Å². The molecule has 1 amide bonds. The molecule has 2 saturated heterocycles. The van der Waals surface area contributed by atoms with Gasteiger partial charge >= 0.3 is 5.97 Å². The molecule has 1 aromatic heterocycles. The number of carboxylic acids is 1. The van der Waals surface area contributed by atoms with E-state index >= 15 is 0 Å². The third kappa shape index (κ3) is 3.78. The van der Waals surface area contributed by atoms with Gasteiger partial charge < -0.3 is 19.6 Å². The smallest absolute Gasteiger partial charge is 0.335 e. The van der Waals surface area contributed by atoms with Gasteiger partial charge in [-0.05, 0) is 49.2 Å². The number of aromatic nitrogens is 1. The van der Waals surface area contributed by atoms with Gasteiger partial charge in [-0.15, -0.1) is 0 Å². The van der Waals surface area contributed by atoms with Gasteiger partial charge in [-0.25, -0.2) is 9.78 Å². The van der Waals surface area contributed by atoms with Crippen LogP contribution < -0.4 is 9.64 Å². The number of hydrogen-bond acceptors (Lipinski definition) is 5. The van der Waals surface area contributed by atoms with Crippen molar-refractivity contribution in [2.45, 2.75) is 25.4 Å². The molecule has 0 aliphatic carbocycles. The Morgan fingerprint density at radius 1 is 1.04 bits per heavy atom. The number of carboxylic acid groups (broad SMARTS) is 1. The zero-order valence-corrected chi connectivity index (χ0v) is 15.6. The fourth-order valence-electron chi connectivity index (χ4n) is 3.77. The zero-order valence-electron chi connectivity index (χ0n) is 15.6. The number of nitrogens with zero attached hydrogens (tertiary/aromatic N) is 3. The highest BCUT2D eigenvalue weighted by molar-refractivity contribution is 5.96. The van der Waals surface area contributed by atoms with Crippen LogP contribution >= 0.6 is 0 Å². The highest BCUT2D eigenvalue weighted by Gasteiger charge is 2.29. The van der Waals surface area contributed by atoms with E-state index in [0.29, 0.717) is 18.7 Å². The molecule has 1 unspecified atom stereocenters. The normalized spacial score (nSPS) is 19.1. The van der Waals surface area contributed by atoms with E-state index < -0.39 is 5.97 Å². The number of benzene rings is 1. The van der Waals surface area contributed by atoms with Crippen molar-refractivity contribution < 1.29 is 19.4 Å². The van der Waals surface area contributed by atoms with Gasteiger partial charge in [0.15, 0.2) is 11.6 Å². The van der Waals surface area contributed by atoms with Crippen molar-refractivity contribution in [1.29, 1.82) is 0 Å². The second-order valence-corrected chi connectivity index (χ2v) is 7.18. The lowest BCUT2D eigenvalue weighted by molar-refractivity contribution is 0.0694. The third-order valence-corrected chi connectivity index (χ3v) is 5.26. The van der Waals surface area contributed by atoms with Crippen molar-refractivity contribution in [2.75, 3.05) is 31.1 Å². The van der Waals surface area contributed by atoms with Crippen LogP contribution in [0.25, 0.3) is 0 Å². The fourth-order valence-corrected chi connectivity index (χ4v) is 3.77. The minimum Gasteiger partial charge on any atom is -0.485 e. The Hall–Kier alpha value is -3.09. The van der Waals surface area contributed by atoms with E-state index in [1.54, 1.807) is 23.2 Å². The van der Waals surface area contributed by atoms with Crippen LogP contribution in [0.3, 0.4) is 0 Å². The van der Waals surface area contributed by atoms with E-state index in [2.05, 4.69) is 9.88 Å². The average molecular weight is 381 g/mol. The fraction of sp³-hybridized carbons (Fsp3) is 0.381. The minimum atomic E-state index is -1.00. The summed E-state index contributed by atoms with van der Waals surface area (Å²) in [6, 6.07) is 9.85. The third-order valence-electron chi connectivity index (χ3n) is 5.26. The summed E-state index contributed by atoms with van der Waals surface area (Å²) in [5.41, 5.74) is 0.662. The summed E-state index contributed by atoms with van der Waals surface area (Å²) in [4.78, 5) is 32.2. The maximum Gasteiger partial charge on any atom is 0.335 e. The Labute approximate surface area is 163 Å². The Bertz CT molecular complexity index is 862. The second-order valence-electron chi connectivity index (χ2n) is 7.18. The number of rotatable bonds is 5. The first-order chi connectivity index (χ1) is 13.6. The summed E-state index contributed by atoms with van der Waals surface area (Å²) >= 11 is 0. The molecule has 3 heterocycles. The molecule has 146 valence electrons. The number of anilines is 1. The van der Waals surface area contributed by atoms with Crippen LogP contribution in [-0.2, 0) is 0 Å². The molecule has 2 fully saturated rings. The van der Waals surface area contributed by atoms with Gasteiger partial charge in [0.05, 0.1) is 12.1 Å². The molecule has 1 atom stereocenters. The number of ether oxygens (including phenoxy) is 1. The van der Waals surface area contributed by atoms with Crippen LogP contribution in [0, 0.1) is 0 Å². The molecule has 0 saturated carbocycles. The van der Waals surface area contributed by atoms with E-state index in [-0.39, 0.29) is 17.6 Å². The molecule has 2 aliphatic rings. The molecule has 1 N–H and O–H groups in total. The Kier molecular flexibility index (Phi) is 5.14. The first kappa shape index (κ1) is 18.3. The minimum absolute atomic E-state index is 0.0761. The predicted octanol–water partition coefficient (Wildman–Crippen LogP) is 2.67. The summed E-state index contributed by atoms with van der Waals surface area (Å²) in [6.07, 6.45) is 4.80. The number of pyridine rings is 1. The topological polar surface area (TPSA) is 83.0 Å². The molecule has 28 heavy (non-hydrogen) atoms. The maximum atomic E-state index is 12.7. The molecular formula is C21H23N3O4. The summed E-state index contributed by atoms with van der Waals surface area (Å²) in [5, 5.41) is 8.98. The molecule has 2 aliphatic heterocycles.